The molecule has 0 aliphatic heterocycles. The number of nitrogens with one attached hydrogen (secondary N) is 1. The predicted molar refractivity (Wildman–Crippen MR) is 85.4 cm³/mol. The third kappa shape index (κ3) is 3.99. The summed E-state index contributed by atoms with van der Waals surface area (Å²) in [5.74, 6) is -0.438. The molecule has 1 unspecified atom stereocenters. The van der Waals surface area contributed by atoms with Gasteiger partial charge >= 0.3 is 11.7 Å². The van der Waals surface area contributed by atoms with Gasteiger partial charge < -0.3 is 10.4 Å². The molecule has 25 heavy (non-hydrogen) atoms. The van der Waals surface area contributed by atoms with Gasteiger partial charge in [-0.15, -0.1) is 0 Å². The summed E-state index contributed by atoms with van der Waals surface area (Å²) in [5, 5.41) is 12.7. The lowest BCUT2D eigenvalue weighted by atomic mass is 10.1. The highest BCUT2D eigenvalue weighted by Gasteiger charge is 2.25. The summed E-state index contributed by atoms with van der Waals surface area (Å²) in [6.45, 7) is -0.0629. The number of anilines is 1. The molecule has 2 N–H and O–H groups in total. The van der Waals surface area contributed by atoms with Gasteiger partial charge in [-0.1, -0.05) is 35.0 Å². The van der Waals surface area contributed by atoms with E-state index in [-0.39, 0.29) is 6.54 Å². The molecule has 1 atom stereocenters. The van der Waals surface area contributed by atoms with Crippen LogP contribution in [0, 0.1) is 5.82 Å². The number of carbonyl (C=O) groups excluding carboxylic acids is 1. The molecule has 0 saturated carbocycles. The van der Waals surface area contributed by atoms with E-state index in [1.54, 1.807) is 24.3 Å². The summed E-state index contributed by atoms with van der Waals surface area (Å²) in [6, 6.07) is 13.2. The molecule has 1 aromatic heterocycles. The van der Waals surface area contributed by atoms with Crippen LogP contribution in [0.5, 0.6) is 0 Å². The first-order chi connectivity index (χ1) is 12.0. The Bertz CT molecular complexity index is 919. The molecule has 0 aliphatic carbocycles. The third-order valence-corrected chi connectivity index (χ3v) is 3.48. The first-order valence-corrected chi connectivity index (χ1v) is 7.46. The number of aromatic nitrogens is 2. The van der Waals surface area contributed by atoms with Gasteiger partial charge in [0, 0.05) is 5.69 Å². The second kappa shape index (κ2) is 7.10. The van der Waals surface area contributed by atoms with Crippen molar-refractivity contribution in [1.29, 1.82) is 0 Å². The van der Waals surface area contributed by atoms with E-state index in [1.165, 1.54) is 28.9 Å². The fraction of sp³-hybridized carbons (Fsp3) is 0.118. The first-order valence-electron chi connectivity index (χ1n) is 7.46. The number of nitrogens with zero attached hydrogens (tertiary/aromatic N) is 2. The normalized spacial score (nSPS) is 11.9. The highest BCUT2D eigenvalue weighted by molar-refractivity contribution is 5.88. The fourth-order valence-corrected chi connectivity index (χ4v) is 2.28. The fourth-order valence-electron chi connectivity index (χ4n) is 2.28. The van der Waals surface area contributed by atoms with Gasteiger partial charge in [0.1, 0.15) is 11.9 Å². The monoisotopic (exact) mass is 344 g/mol. The molecule has 1 amide bonds. The second-order valence-electron chi connectivity index (χ2n) is 5.30. The zero-order valence-corrected chi connectivity index (χ0v) is 13.0. The van der Waals surface area contributed by atoms with Crippen LogP contribution in [0.3, 0.4) is 0 Å². The van der Waals surface area contributed by atoms with Gasteiger partial charge in [-0.25, -0.2) is 14.0 Å². The van der Waals surface area contributed by atoms with Crippen molar-refractivity contribution in [2.75, 3.05) is 5.32 Å². The van der Waals surface area contributed by atoms with Crippen molar-refractivity contribution in [3.8, 4) is 0 Å². The second-order valence-corrected chi connectivity index (χ2v) is 5.30. The van der Waals surface area contributed by atoms with E-state index < -0.39 is 23.6 Å². The molecular formula is C17H15FN3O4+. The van der Waals surface area contributed by atoms with Gasteiger partial charge in [0.2, 0.25) is 6.54 Å². The standard InChI is InChI=1S/C17H14FN3O4/c18-13-6-8-14(9-7-13)19-17(24)21-20(11-16(23)25-21)10-15(22)12-4-2-1-3-5-12/h1-9,11,15,22H,10H2/p+1. The lowest BCUT2D eigenvalue weighted by molar-refractivity contribution is -0.784. The van der Waals surface area contributed by atoms with Crippen molar-refractivity contribution in [3.63, 3.8) is 0 Å². The van der Waals surface area contributed by atoms with E-state index in [2.05, 4.69) is 5.32 Å². The number of halogens is 1. The lowest BCUT2D eigenvalue weighted by Crippen LogP contribution is -2.48. The Morgan fingerprint density at radius 2 is 1.88 bits per heavy atom. The van der Waals surface area contributed by atoms with Gasteiger partial charge in [0.25, 0.3) is 6.20 Å². The molecule has 0 saturated heterocycles. The Kier molecular flexibility index (Phi) is 4.71. The number of aliphatic hydroxyl groups is 1. The van der Waals surface area contributed by atoms with Crippen molar-refractivity contribution >= 4 is 11.7 Å². The largest absolute Gasteiger partial charge is 0.427 e. The average Bonchev–Trinajstić information content (AvgIpc) is 2.98. The summed E-state index contributed by atoms with van der Waals surface area (Å²) < 4.78 is 18.9. The highest BCUT2D eigenvalue weighted by Crippen LogP contribution is 2.12. The van der Waals surface area contributed by atoms with Gasteiger partial charge in [-0.05, 0) is 29.8 Å². The SMILES string of the molecule is O=C(Nc1ccc(F)cc1)n1oc(=O)c[n+]1CC(O)c1ccccc1. The summed E-state index contributed by atoms with van der Waals surface area (Å²) >= 11 is 0. The molecular weight excluding hydrogens is 329 g/mol. The topological polar surface area (TPSA) is 88.4 Å². The molecule has 1 heterocycles. The Balaban J connectivity index is 1.79. The van der Waals surface area contributed by atoms with Crippen molar-refractivity contribution < 1.29 is 23.5 Å². The Labute approximate surface area is 141 Å². The highest BCUT2D eigenvalue weighted by atomic mass is 19.1. The molecule has 2 aromatic carbocycles. The maximum atomic E-state index is 12.9. The first kappa shape index (κ1) is 16.6. The molecule has 8 heteroatoms. The lowest BCUT2D eigenvalue weighted by Gasteiger charge is -2.07. The van der Waals surface area contributed by atoms with Crippen molar-refractivity contribution in [3.05, 3.63) is 82.6 Å². The number of amides is 1. The van der Waals surface area contributed by atoms with Crippen LogP contribution in [0.4, 0.5) is 14.9 Å². The Hall–Kier alpha value is -3.26. The third-order valence-electron chi connectivity index (χ3n) is 3.48. The Morgan fingerprint density at radius 1 is 1.20 bits per heavy atom. The maximum absolute atomic E-state index is 12.9. The minimum Gasteiger partial charge on any atom is -0.382 e. The molecule has 3 aromatic rings. The number of hydrogen-bond donors (Lipinski definition) is 2. The van der Waals surface area contributed by atoms with Crippen LogP contribution in [-0.2, 0) is 6.54 Å². The molecule has 128 valence electrons. The van der Waals surface area contributed by atoms with E-state index >= 15 is 0 Å². The molecule has 0 radical (unpaired) electrons. The molecule has 0 spiro atoms. The average molecular weight is 344 g/mol. The molecule has 0 bridgehead atoms. The Morgan fingerprint density at radius 3 is 2.56 bits per heavy atom. The number of carbonyl (C=O) groups is 1. The minimum atomic E-state index is -0.937. The van der Waals surface area contributed by atoms with Crippen LogP contribution in [0.2, 0.25) is 0 Å². The summed E-state index contributed by atoms with van der Waals surface area (Å²) in [7, 11) is 0. The van der Waals surface area contributed by atoms with Crippen molar-refractivity contribution in [1.82, 2.24) is 4.85 Å². The van der Waals surface area contributed by atoms with Crippen LogP contribution < -0.4 is 15.6 Å². The van der Waals surface area contributed by atoms with Crippen molar-refractivity contribution in [2.24, 2.45) is 0 Å². The quantitative estimate of drug-likeness (QED) is 0.705. The minimum absolute atomic E-state index is 0.0629. The van der Waals surface area contributed by atoms with Crippen LogP contribution in [-0.4, -0.2) is 16.0 Å². The van der Waals surface area contributed by atoms with Gasteiger partial charge in [-0.2, -0.15) is 0 Å². The summed E-state index contributed by atoms with van der Waals surface area (Å²) in [4.78, 5) is 24.5. The number of hydrogen-bond acceptors (Lipinski definition) is 4. The van der Waals surface area contributed by atoms with Crippen LogP contribution >= 0.6 is 0 Å². The van der Waals surface area contributed by atoms with Gasteiger partial charge in [0.05, 0.1) is 4.85 Å². The van der Waals surface area contributed by atoms with E-state index in [1.807, 2.05) is 6.07 Å². The van der Waals surface area contributed by atoms with Crippen LogP contribution in [0.1, 0.15) is 11.7 Å². The van der Waals surface area contributed by atoms with E-state index in [9.17, 15) is 19.1 Å². The summed E-state index contributed by atoms with van der Waals surface area (Å²) in [6.07, 6.45) is 0.129. The van der Waals surface area contributed by atoms with E-state index in [0.717, 1.165) is 6.20 Å². The number of rotatable bonds is 4. The molecule has 0 aliphatic rings. The predicted octanol–water partition coefficient (Wildman–Crippen LogP) is 1.68. The van der Waals surface area contributed by atoms with E-state index in [0.29, 0.717) is 16.1 Å². The van der Waals surface area contributed by atoms with E-state index in [4.69, 9.17) is 4.52 Å². The molecule has 3 rings (SSSR count). The van der Waals surface area contributed by atoms with Gasteiger partial charge in [0.15, 0.2) is 0 Å². The smallest absolute Gasteiger partial charge is 0.382 e. The maximum Gasteiger partial charge on any atom is 0.427 e. The zero-order chi connectivity index (χ0) is 17.8. The van der Waals surface area contributed by atoms with Crippen molar-refractivity contribution in [2.45, 2.75) is 12.6 Å². The number of benzene rings is 2. The number of aliphatic hydroxyl groups excluding tert-OH is 1. The zero-order valence-electron chi connectivity index (χ0n) is 13.0. The van der Waals surface area contributed by atoms with Crippen LogP contribution in [0.25, 0.3) is 0 Å². The molecule has 7 nitrogen and oxygen atoms in total. The molecule has 0 fully saturated rings. The van der Waals surface area contributed by atoms with Crippen LogP contribution in [0.15, 0.2) is 70.1 Å². The summed E-state index contributed by atoms with van der Waals surface area (Å²) in [5.41, 5.74) is 0.224. The van der Waals surface area contributed by atoms with Gasteiger partial charge in [-0.3, -0.25) is 4.52 Å².